The highest BCUT2D eigenvalue weighted by atomic mass is 16.3. The van der Waals surface area contributed by atoms with Crippen LogP contribution in [0.15, 0.2) is 11.6 Å². The lowest BCUT2D eigenvalue weighted by molar-refractivity contribution is -0.0704. The third-order valence-electron chi connectivity index (χ3n) is 5.13. The van der Waals surface area contributed by atoms with Gasteiger partial charge in [0.2, 0.25) is 0 Å². The molecular weight excluding hydrogens is 196 g/mol. The second-order valence-corrected chi connectivity index (χ2v) is 6.43. The summed E-state index contributed by atoms with van der Waals surface area (Å²) in [5.74, 6) is 1.75. The van der Waals surface area contributed by atoms with Gasteiger partial charge in [0.1, 0.15) is 0 Å². The zero-order valence-electron chi connectivity index (χ0n) is 11.2. The van der Waals surface area contributed by atoms with Crippen LogP contribution in [-0.2, 0) is 0 Å². The summed E-state index contributed by atoms with van der Waals surface area (Å²) in [5.41, 5.74) is 1.59. The maximum atomic E-state index is 10.7. The highest BCUT2D eigenvalue weighted by Crippen LogP contribution is 2.53. The van der Waals surface area contributed by atoms with Crippen molar-refractivity contribution >= 4 is 0 Å². The fraction of sp³-hybridized carbons (Fsp3) is 0.867. The van der Waals surface area contributed by atoms with E-state index < -0.39 is 0 Å². The Bertz CT molecular complexity index is 292. The maximum absolute atomic E-state index is 10.7. The molecule has 0 aliphatic heterocycles. The Morgan fingerprint density at radius 3 is 2.56 bits per heavy atom. The van der Waals surface area contributed by atoms with Crippen molar-refractivity contribution in [1.29, 1.82) is 0 Å². The van der Waals surface area contributed by atoms with E-state index in [0.717, 1.165) is 0 Å². The summed E-state index contributed by atoms with van der Waals surface area (Å²) >= 11 is 0. The molecule has 0 radical (unpaired) electrons. The minimum Gasteiger partial charge on any atom is -0.392 e. The first-order valence-electron chi connectivity index (χ1n) is 6.84. The monoisotopic (exact) mass is 222 g/mol. The van der Waals surface area contributed by atoms with Gasteiger partial charge >= 0.3 is 0 Å². The molecule has 2 aliphatic rings. The average Bonchev–Trinajstić information content (AvgIpc) is 2.59. The van der Waals surface area contributed by atoms with Gasteiger partial charge < -0.3 is 5.11 Å². The van der Waals surface area contributed by atoms with Crippen LogP contribution in [0.3, 0.4) is 0 Å². The van der Waals surface area contributed by atoms with Gasteiger partial charge in [-0.2, -0.15) is 0 Å². The van der Waals surface area contributed by atoms with E-state index in [1.54, 1.807) is 0 Å². The summed E-state index contributed by atoms with van der Waals surface area (Å²) in [6.07, 6.45) is 7.12. The predicted octanol–water partition coefficient (Wildman–Crippen LogP) is 3.78. The van der Waals surface area contributed by atoms with Gasteiger partial charge in [-0.05, 0) is 50.4 Å². The zero-order chi connectivity index (χ0) is 11.9. The minimum atomic E-state index is -0.117. The van der Waals surface area contributed by atoms with E-state index >= 15 is 0 Å². The second-order valence-electron chi connectivity index (χ2n) is 6.43. The van der Waals surface area contributed by atoms with Crippen LogP contribution in [0.5, 0.6) is 0 Å². The fourth-order valence-corrected chi connectivity index (χ4v) is 3.90. The van der Waals surface area contributed by atoms with Gasteiger partial charge in [-0.15, -0.1) is 0 Å². The molecule has 0 aromatic carbocycles. The molecule has 0 aromatic heterocycles. The second kappa shape index (κ2) is 4.18. The molecule has 1 nitrogen and oxygen atoms in total. The van der Waals surface area contributed by atoms with Crippen molar-refractivity contribution in [3.8, 4) is 0 Å². The van der Waals surface area contributed by atoms with Crippen molar-refractivity contribution in [2.45, 2.75) is 59.5 Å². The van der Waals surface area contributed by atoms with E-state index in [2.05, 4.69) is 33.8 Å². The fourth-order valence-electron chi connectivity index (χ4n) is 3.90. The predicted molar refractivity (Wildman–Crippen MR) is 68.2 cm³/mol. The lowest BCUT2D eigenvalue weighted by Gasteiger charge is -2.48. The van der Waals surface area contributed by atoms with Gasteiger partial charge in [0.05, 0.1) is 6.10 Å². The minimum absolute atomic E-state index is 0.108. The van der Waals surface area contributed by atoms with Crippen molar-refractivity contribution in [1.82, 2.24) is 0 Å². The first-order valence-corrected chi connectivity index (χ1v) is 6.84. The number of hydrogen-bond acceptors (Lipinski definition) is 1. The van der Waals surface area contributed by atoms with Gasteiger partial charge in [0.15, 0.2) is 0 Å². The lowest BCUT2D eigenvalue weighted by Crippen LogP contribution is -2.48. The van der Waals surface area contributed by atoms with Crippen molar-refractivity contribution < 1.29 is 5.11 Å². The molecule has 1 saturated carbocycles. The third-order valence-corrected chi connectivity index (χ3v) is 5.13. The molecule has 0 heterocycles. The molecule has 4 atom stereocenters. The molecule has 2 aliphatic carbocycles. The van der Waals surface area contributed by atoms with Crippen molar-refractivity contribution in [2.75, 3.05) is 0 Å². The van der Waals surface area contributed by atoms with Crippen LogP contribution in [0.4, 0.5) is 0 Å². The smallest absolute Gasteiger partial charge is 0.0664 e. The highest BCUT2D eigenvalue weighted by Gasteiger charge is 2.49. The lowest BCUT2D eigenvalue weighted by atomic mass is 9.59. The maximum Gasteiger partial charge on any atom is 0.0664 e. The van der Waals surface area contributed by atoms with Crippen molar-refractivity contribution in [3.63, 3.8) is 0 Å². The zero-order valence-corrected chi connectivity index (χ0v) is 11.2. The van der Waals surface area contributed by atoms with E-state index in [0.29, 0.717) is 17.8 Å². The molecule has 16 heavy (non-hydrogen) atoms. The van der Waals surface area contributed by atoms with Gasteiger partial charge in [-0.25, -0.2) is 0 Å². The molecule has 92 valence electrons. The first kappa shape index (κ1) is 12.2. The largest absolute Gasteiger partial charge is 0.392 e. The number of aliphatic hydroxyl groups excluding tert-OH is 1. The Morgan fingerprint density at radius 2 is 2.06 bits per heavy atom. The SMILES string of the molecule is CC1=C[C@@]2(CC1)[C@@H](C)CCC(C(C)C)[C@@H]2O. The van der Waals surface area contributed by atoms with Crippen LogP contribution in [0, 0.1) is 23.2 Å². The van der Waals surface area contributed by atoms with Crippen molar-refractivity contribution in [3.05, 3.63) is 11.6 Å². The summed E-state index contributed by atoms with van der Waals surface area (Å²) in [6.45, 7) is 9.05. The molecule has 1 spiro atoms. The van der Waals surface area contributed by atoms with Crippen molar-refractivity contribution in [2.24, 2.45) is 23.2 Å². The molecule has 1 unspecified atom stereocenters. The van der Waals surface area contributed by atoms with E-state index in [-0.39, 0.29) is 11.5 Å². The van der Waals surface area contributed by atoms with Gasteiger partial charge in [0.25, 0.3) is 0 Å². The topological polar surface area (TPSA) is 20.2 Å². The highest BCUT2D eigenvalue weighted by molar-refractivity contribution is 5.20. The molecule has 1 N–H and O–H groups in total. The standard InChI is InChI=1S/C15H26O/c1-10(2)13-6-5-12(4)15(14(13)16)8-7-11(3)9-15/h9-10,12-14,16H,5-8H2,1-4H3/t12-,13?,14-,15-/m0/s1. The number of hydrogen-bond donors (Lipinski definition) is 1. The quantitative estimate of drug-likeness (QED) is 0.669. The average molecular weight is 222 g/mol. The van der Waals surface area contributed by atoms with E-state index in [1.165, 1.54) is 31.3 Å². The van der Waals surface area contributed by atoms with E-state index in [1.807, 2.05) is 0 Å². The molecule has 1 fully saturated rings. The van der Waals surface area contributed by atoms with Crippen LogP contribution in [0.2, 0.25) is 0 Å². The summed E-state index contributed by atoms with van der Waals surface area (Å²) in [7, 11) is 0. The molecule has 0 amide bonds. The molecule has 0 aromatic rings. The van der Waals surface area contributed by atoms with Crippen LogP contribution < -0.4 is 0 Å². The Kier molecular flexibility index (Phi) is 3.18. The van der Waals surface area contributed by atoms with Gasteiger partial charge in [-0.3, -0.25) is 0 Å². The van der Waals surface area contributed by atoms with Gasteiger partial charge in [0, 0.05) is 5.41 Å². The summed E-state index contributed by atoms with van der Waals surface area (Å²) in [5, 5.41) is 10.7. The Balaban J connectivity index is 2.28. The molecule has 1 heteroatoms. The summed E-state index contributed by atoms with van der Waals surface area (Å²) in [4.78, 5) is 0. The van der Waals surface area contributed by atoms with E-state index in [4.69, 9.17) is 0 Å². The molecule has 2 rings (SSSR count). The van der Waals surface area contributed by atoms with Gasteiger partial charge in [-0.1, -0.05) is 32.4 Å². The summed E-state index contributed by atoms with van der Waals surface area (Å²) in [6, 6.07) is 0. The molecule has 0 saturated heterocycles. The number of allylic oxidation sites excluding steroid dienone is 1. The number of rotatable bonds is 1. The van der Waals surface area contributed by atoms with Crippen LogP contribution in [0.1, 0.15) is 53.4 Å². The Morgan fingerprint density at radius 1 is 1.38 bits per heavy atom. The van der Waals surface area contributed by atoms with Crippen LogP contribution in [-0.4, -0.2) is 11.2 Å². The molecular formula is C15H26O. The summed E-state index contributed by atoms with van der Waals surface area (Å²) < 4.78 is 0. The third kappa shape index (κ3) is 1.73. The Labute approximate surface area is 99.9 Å². The van der Waals surface area contributed by atoms with E-state index in [9.17, 15) is 5.11 Å². The van der Waals surface area contributed by atoms with Crippen LogP contribution in [0.25, 0.3) is 0 Å². The van der Waals surface area contributed by atoms with Crippen LogP contribution >= 0.6 is 0 Å². The first-order chi connectivity index (χ1) is 7.47. The normalized spacial score (nSPS) is 44.1. The Hall–Kier alpha value is -0.300. The molecule has 0 bridgehead atoms. The number of aliphatic hydroxyl groups is 1.